The molecule has 0 fully saturated rings. The minimum atomic E-state index is -3.88. The molecule has 0 bridgehead atoms. The molecule has 0 saturated heterocycles. The Morgan fingerprint density at radius 1 is 1.03 bits per heavy atom. The number of para-hydroxylation sites is 2. The van der Waals surface area contributed by atoms with E-state index in [1.165, 1.54) is 6.08 Å². The predicted octanol–water partition coefficient (Wildman–Crippen LogP) is 2.01. The minimum absolute atomic E-state index is 0.171. The van der Waals surface area contributed by atoms with Crippen molar-refractivity contribution in [3.05, 3.63) is 77.0 Å². The Bertz CT molecular complexity index is 1230. The number of benzene rings is 2. The van der Waals surface area contributed by atoms with Crippen molar-refractivity contribution in [2.45, 2.75) is 0 Å². The van der Waals surface area contributed by atoms with Crippen LogP contribution in [0.5, 0.6) is 0 Å². The fourth-order valence-corrected chi connectivity index (χ4v) is 4.02. The monoisotopic (exact) mass is 466 g/mol. The summed E-state index contributed by atoms with van der Waals surface area (Å²) in [7, 11) is -0.428. The summed E-state index contributed by atoms with van der Waals surface area (Å²) < 4.78 is 31.0. The number of carbonyl (C=O) groups is 2. The van der Waals surface area contributed by atoms with Crippen molar-refractivity contribution in [1.29, 1.82) is 5.26 Å². The van der Waals surface area contributed by atoms with Crippen molar-refractivity contribution in [2.24, 2.45) is 0 Å². The number of nitrogens with one attached hydrogen (secondary N) is 1. The Balaban J connectivity index is 1.59. The number of esters is 1. The molecule has 0 aromatic heterocycles. The van der Waals surface area contributed by atoms with E-state index in [1.807, 2.05) is 30.3 Å². The number of sulfonamides is 1. The number of Topliss-reactive ketones (excluding diaryl/α,β-unsaturated/α-hetero) is 1. The van der Waals surface area contributed by atoms with Gasteiger partial charge in [0.2, 0.25) is 15.8 Å². The van der Waals surface area contributed by atoms with E-state index < -0.39 is 34.9 Å². The van der Waals surface area contributed by atoms with Crippen LogP contribution >= 0.6 is 0 Å². The summed E-state index contributed by atoms with van der Waals surface area (Å²) in [5, 5.41) is 10.5. The largest absolute Gasteiger partial charge is 0.456 e. The fourth-order valence-electron chi connectivity index (χ4n) is 3.27. The van der Waals surface area contributed by atoms with Crippen LogP contribution in [0.25, 0.3) is 6.08 Å². The molecule has 0 atom stereocenters. The second kappa shape index (κ2) is 10.1. The topological polar surface area (TPSA) is 120 Å². The number of anilines is 2. The molecule has 3 rings (SSSR count). The zero-order valence-corrected chi connectivity index (χ0v) is 18.9. The van der Waals surface area contributed by atoms with Gasteiger partial charge in [-0.2, -0.15) is 5.26 Å². The summed E-state index contributed by atoms with van der Waals surface area (Å²) in [6, 6.07) is 18.1. The van der Waals surface area contributed by atoms with Crippen LogP contribution in [0.1, 0.15) is 5.56 Å². The van der Waals surface area contributed by atoms with Crippen LogP contribution in [-0.4, -0.2) is 47.4 Å². The molecule has 9 nitrogen and oxygen atoms in total. The smallest absolute Gasteiger partial charge is 0.321 e. The van der Waals surface area contributed by atoms with Gasteiger partial charge in [-0.25, -0.2) is 13.1 Å². The lowest BCUT2D eigenvalue weighted by atomic mass is 10.2. The van der Waals surface area contributed by atoms with Crippen molar-refractivity contribution < 1.29 is 22.7 Å². The van der Waals surface area contributed by atoms with Gasteiger partial charge in [0.1, 0.15) is 24.0 Å². The van der Waals surface area contributed by atoms with Crippen molar-refractivity contribution in [3.8, 4) is 6.07 Å². The number of hydrogen-bond donors (Lipinski definition) is 1. The molecular formula is C23H22N4O5S. The first-order valence-electron chi connectivity index (χ1n) is 9.86. The molecule has 1 aliphatic rings. The van der Waals surface area contributed by atoms with Gasteiger partial charge in [0, 0.05) is 19.5 Å². The highest BCUT2D eigenvalue weighted by Crippen LogP contribution is 2.40. The molecule has 33 heavy (non-hydrogen) atoms. The van der Waals surface area contributed by atoms with Gasteiger partial charge in [0.05, 0.1) is 11.4 Å². The van der Waals surface area contributed by atoms with Crippen LogP contribution in [-0.2, 0) is 24.3 Å². The summed E-state index contributed by atoms with van der Waals surface area (Å²) in [6.45, 7) is -1.34. The molecule has 0 saturated carbocycles. The summed E-state index contributed by atoms with van der Waals surface area (Å²) in [5.41, 5.74) is 2.16. The Labute approximate surface area is 192 Å². The lowest BCUT2D eigenvalue weighted by Gasteiger charge is -2.19. The van der Waals surface area contributed by atoms with E-state index in [0.717, 1.165) is 16.8 Å². The highest BCUT2D eigenvalue weighted by atomic mass is 32.2. The van der Waals surface area contributed by atoms with E-state index in [9.17, 15) is 23.3 Å². The van der Waals surface area contributed by atoms with Crippen LogP contribution in [0.3, 0.4) is 0 Å². The van der Waals surface area contributed by atoms with Gasteiger partial charge in [0.25, 0.3) is 0 Å². The standard InChI is InChI=1S/C23H22N4O5S/c1-26-19-10-6-7-11-20(19)27(2)23(26)18(14-24)21(28)16-32-22(29)15-25-33(30,31)13-12-17-8-4-3-5-9-17/h3-13,25H,15-16H2,1-2H3/b13-12+. The number of hydrogen-bond acceptors (Lipinski definition) is 8. The Morgan fingerprint density at radius 2 is 1.61 bits per heavy atom. The third-order valence-electron chi connectivity index (χ3n) is 4.88. The van der Waals surface area contributed by atoms with E-state index in [1.54, 1.807) is 54.2 Å². The van der Waals surface area contributed by atoms with Gasteiger partial charge >= 0.3 is 5.97 Å². The number of nitriles is 1. The minimum Gasteiger partial charge on any atom is -0.456 e. The maximum Gasteiger partial charge on any atom is 0.321 e. The second-order valence-corrected chi connectivity index (χ2v) is 8.73. The first-order chi connectivity index (χ1) is 15.7. The molecule has 0 spiro atoms. The van der Waals surface area contributed by atoms with Gasteiger partial charge in [-0.3, -0.25) is 9.59 Å². The molecule has 1 heterocycles. The summed E-state index contributed by atoms with van der Waals surface area (Å²) in [4.78, 5) is 28.0. The maximum atomic E-state index is 12.6. The van der Waals surface area contributed by atoms with Crippen LogP contribution in [0.4, 0.5) is 11.4 Å². The quantitative estimate of drug-likeness (QED) is 0.356. The van der Waals surface area contributed by atoms with E-state index in [2.05, 4.69) is 4.72 Å². The molecule has 1 N–H and O–H groups in total. The molecule has 0 amide bonds. The number of ketones is 1. The molecule has 2 aromatic carbocycles. The van der Waals surface area contributed by atoms with E-state index in [-0.39, 0.29) is 5.57 Å². The van der Waals surface area contributed by atoms with Crippen molar-refractivity contribution in [3.63, 3.8) is 0 Å². The molecule has 0 unspecified atom stereocenters. The Morgan fingerprint density at radius 3 is 2.18 bits per heavy atom. The molecule has 1 aliphatic heterocycles. The normalized spacial score (nSPS) is 13.1. The molecule has 10 heteroatoms. The lowest BCUT2D eigenvalue weighted by molar-refractivity contribution is -0.145. The molecular weight excluding hydrogens is 444 g/mol. The third-order valence-corrected chi connectivity index (χ3v) is 5.92. The van der Waals surface area contributed by atoms with Gasteiger partial charge in [-0.1, -0.05) is 42.5 Å². The molecule has 170 valence electrons. The molecule has 0 radical (unpaired) electrons. The highest BCUT2D eigenvalue weighted by Gasteiger charge is 2.31. The Hall–Kier alpha value is -3.94. The zero-order valence-electron chi connectivity index (χ0n) is 18.1. The van der Waals surface area contributed by atoms with Gasteiger partial charge < -0.3 is 14.5 Å². The number of carbonyl (C=O) groups excluding carboxylic acids is 2. The maximum absolute atomic E-state index is 12.6. The van der Waals surface area contributed by atoms with Crippen LogP contribution in [0.2, 0.25) is 0 Å². The van der Waals surface area contributed by atoms with E-state index in [0.29, 0.717) is 11.4 Å². The average Bonchev–Trinajstić information content (AvgIpc) is 3.07. The summed E-state index contributed by atoms with van der Waals surface area (Å²) in [5.74, 6) is -1.27. The highest BCUT2D eigenvalue weighted by molar-refractivity contribution is 7.92. The van der Waals surface area contributed by atoms with Crippen molar-refractivity contribution in [1.82, 2.24) is 4.72 Å². The fraction of sp³-hybridized carbons (Fsp3) is 0.174. The van der Waals surface area contributed by atoms with E-state index in [4.69, 9.17) is 4.74 Å². The van der Waals surface area contributed by atoms with Crippen LogP contribution in [0, 0.1) is 11.3 Å². The Kier molecular flexibility index (Phi) is 7.27. The molecule has 0 aliphatic carbocycles. The SMILES string of the molecule is CN1C(=C(C#N)C(=O)COC(=O)CNS(=O)(=O)/C=C/c2ccccc2)N(C)c2ccccc21. The van der Waals surface area contributed by atoms with Gasteiger partial charge in [-0.05, 0) is 23.8 Å². The first-order valence-corrected chi connectivity index (χ1v) is 11.4. The third kappa shape index (κ3) is 5.65. The first kappa shape index (κ1) is 23.7. The summed E-state index contributed by atoms with van der Waals surface area (Å²) >= 11 is 0. The number of ether oxygens (including phenoxy) is 1. The predicted molar refractivity (Wildman–Crippen MR) is 124 cm³/mol. The second-order valence-electron chi connectivity index (χ2n) is 7.08. The van der Waals surface area contributed by atoms with Gasteiger partial charge in [0.15, 0.2) is 6.61 Å². The van der Waals surface area contributed by atoms with Crippen molar-refractivity contribution >= 4 is 39.2 Å². The van der Waals surface area contributed by atoms with Crippen LogP contribution in [0.15, 0.2) is 71.4 Å². The summed E-state index contributed by atoms with van der Waals surface area (Å²) in [6.07, 6.45) is 1.38. The van der Waals surface area contributed by atoms with Crippen LogP contribution < -0.4 is 14.5 Å². The number of rotatable bonds is 8. The number of fused-ring (bicyclic) bond motifs is 1. The average molecular weight is 467 g/mol. The van der Waals surface area contributed by atoms with Gasteiger partial charge in [-0.15, -0.1) is 0 Å². The molecule has 2 aromatic rings. The van der Waals surface area contributed by atoms with Crippen molar-refractivity contribution in [2.75, 3.05) is 37.0 Å². The van der Waals surface area contributed by atoms with E-state index >= 15 is 0 Å². The lowest BCUT2D eigenvalue weighted by Crippen LogP contribution is -2.31. The number of nitrogens with zero attached hydrogens (tertiary/aromatic N) is 3. The zero-order chi connectivity index (χ0) is 24.0.